The summed E-state index contributed by atoms with van der Waals surface area (Å²) in [6, 6.07) is 6.69. The monoisotopic (exact) mass is 338 g/mol. The Balaban J connectivity index is 2.11. The van der Waals surface area contributed by atoms with Gasteiger partial charge in [-0.05, 0) is 48.1 Å². The molecule has 1 aliphatic heterocycles. The molecule has 0 bridgehead atoms. The molecule has 2 unspecified atom stereocenters. The molecule has 1 N–H and O–H groups in total. The minimum absolute atomic E-state index is 0.692. The van der Waals surface area contributed by atoms with Crippen molar-refractivity contribution >= 4 is 21.6 Å². The summed E-state index contributed by atoms with van der Waals surface area (Å²) in [6.45, 7) is 13.6. The van der Waals surface area contributed by atoms with Gasteiger partial charge < -0.3 is 10.2 Å². The second kappa shape index (κ2) is 6.95. The molecular formula is C17H27BrN2. The summed E-state index contributed by atoms with van der Waals surface area (Å²) in [6.07, 6.45) is 0. The molecular weight excluding hydrogens is 312 g/mol. The molecule has 0 amide bonds. The molecule has 1 fully saturated rings. The number of benzene rings is 1. The summed E-state index contributed by atoms with van der Waals surface area (Å²) in [5, 5.41) is 3.57. The molecule has 0 radical (unpaired) electrons. The van der Waals surface area contributed by atoms with Crippen LogP contribution in [0, 0.1) is 17.8 Å². The molecule has 20 heavy (non-hydrogen) atoms. The average Bonchev–Trinajstić information content (AvgIpc) is 2.69. The lowest BCUT2D eigenvalue weighted by Gasteiger charge is -2.23. The quantitative estimate of drug-likeness (QED) is 0.861. The van der Waals surface area contributed by atoms with Gasteiger partial charge in [-0.1, -0.05) is 43.6 Å². The average molecular weight is 339 g/mol. The van der Waals surface area contributed by atoms with Crippen LogP contribution in [0.25, 0.3) is 0 Å². The van der Waals surface area contributed by atoms with E-state index in [-0.39, 0.29) is 0 Å². The Morgan fingerprint density at radius 1 is 1.25 bits per heavy atom. The Hall–Kier alpha value is -0.540. The lowest BCUT2D eigenvalue weighted by molar-refractivity contribution is 0.494. The highest BCUT2D eigenvalue weighted by Crippen LogP contribution is 2.31. The molecule has 1 heterocycles. The first kappa shape index (κ1) is 15.8. The fourth-order valence-corrected chi connectivity index (χ4v) is 3.23. The van der Waals surface area contributed by atoms with Crippen molar-refractivity contribution in [1.29, 1.82) is 0 Å². The third-order valence-electron chi connectivity index (χ3n) is 4.24. The summed E-state index contributed by atoms with van der Waals surface area (Å²) in [7, 11) is 0. The number of rotatable bonds is 5. The molecule has 1 aromatic rings. The Morgan fingerprint density at radius 2 is 1.90 bits per heavy atom. The van der Waals surface area contributed by atoms with E-state index in [2.05, 4.69) is 72.0 Å². The number of anilines is 1. The van der Waals surface area contributed by atoms with Gasteiger partial charge in [-0.3, -0.25) is 0 Å². The van der Waals surface area contributed by atoms with Crippen LogP contribution in [0.15, 0.2) is 22.7 Å². The maximum atomic E-state index is 3.60. The summed E-state index contributed by atoms with van der Waals surface area (Å²) >= 11 is 3.60. The Bertz CT molecular complexity index is 435. The smallest absolute Gasteiger partial charge is 0.0412 e. The molecule has 112 valence electrons. The highest BCUT2D eigenvalue weighted by atomic mass is 79.9. The fourth-order valence-electron chi connectivity index (χ4n) is 2.83. The molecule has 2 nitrogen and oxygen atoms in total. The van der Waals surface area contributed by atoms with Gasteiger partial charge in [0.1, 0.15) is 0 Å². The van der Waals surface area contributed by atoms with Gasteiger partial charge in [0.2, 0.25) is 0 Å². The summed E-state index contributed by atoms with van der Waals surface area (Å²) in [4.78, 5) is 2.55. The van der Waals surface area contributed by atoms with Crippen molar-refractivity contribution in [2.45, 2.75) is 34.2 Å². The van der Waals surface area contributed by atoms with Crippen LogP contribution in [0.1, 0.15) is 33.3 Å². The first-order valence-electron chi connectivity index (χ1n) is 7.71. The van der Waals surface area contributed by atoms with Gasteiger partial charge in [-0.15, -0.1) is 0 Å². The van der Waals surface area contributed by atoms with Crippen LogP contribution in [-0.4, -0.2) is 19.6 Å². The lowest BCUT2D eigenvalue weighted by Crippen LogP contribution is -2.24. The molecule has 0 saturated carbocycles. The van der Waals surface area contributed by atoms with E-state index in [0.29, 0.717) is 5.92 Å². The second-order valence-electron chi connectivity index (χ2n) is 6.66. The fraction of sp³-hybridized carbons (Fsp3) is 0.647. The van der Waals surface area contributed by atoms with Crippen LogP contribution >= 0.6 is 15.9 Å². The van der Waals surface area contributed by atoms with Gasteiger partial charge in [0.25, 0.3) is 0 Å². The number of hydrogen-bond donors (Lipinski definition) is 1. The summed E-state index contributed by atoms with van der Waals surface area (Å²) < 4.78 is 1.17. The molecule has 2 atom stereocenters. The lowest BCUT2D eigenvalue weighted by atomic mass is 10.0. The van der Waals surface area contributed by atoms with Gasteiger partial charge in [0.05, 0.1) is 0 Å². The Morgan fingerprint density at radius 3 is 2.50 bits per heavy atom. The molecule has 1 saturated heterocycles. The second-order valence-corrected chi connectivity index (χ2v) is 7.57. The van der Waals surface area contributed by atoms with E-state index in [1.54, 1.807) is 0 Å². The van der Waals surface area contributed by atoms with Gasteiger partial charge in [-0.2, -0.15) is 0 Å². The van der Waals surface area contributed by atoms with Crippen molar-refractivity contribution in [2.24, 2.45) is 17.8 Å². The zero-order valence-corrected chi connectivity index (χ0v) is 14.7. The zero-order chi connectivity index (χ0) is 14.7. The molecule has 3 heteroatoms. The van der Waals surface area contributed by atoms with Crippen molar-refractivity contribution in [1.82, 2.24) is 5.32 Å². The normalized spacial score (nSPS) is 22.8. The van der Waals surface area contributed by atoms with Crippen molar-refractivity contribution in [3.8, 4) is 0 Å². The number of halogens is 1. The van der Waals surface area contributed by atoms with E-state index < -0.39 is 0 Å². The number of hydrogen-bond acceptors (Lipinski definition) is 2. The maximum absolute atomic E-state index is 3.60. The minimum atomic E-state index is 0.692. The first-order valence-corrected chi connectivity index (χ1v) is 8.50. The molecule has 0 spiro atoms. The third kappa shape index (κ3) is 3.98. The highest BCUT2D eigenvalue weighted by Gasteiger charge is 2.27. The summed E-state index contributed by atoms with van der Waals surface area (Å²) in [5.41, 5.74) is 2.81. The van der Waals surface area contributed by atoms with Crippen LogP contribution in [-0.2, 0) is 6.54 Å². The van der Waals surface area contributed by atoms with Crippen LogP contribution in [0.5, 0.6) is 0 Å². The molecule has 2 rings (SSSR count). The predicted octanol–water partition coefficient (Wildman–Crippen LogP) is 4.29. The van der Waals surface area contributed by atoms with E-state index in [9.17, 15) is 0 Å². The topological polar surface area (TPSA) is 15.3 Å². The number of nitrogens with one attached hydrogen (secondary N) is 1. The molecule has 0 aliphatic carbocycles. The van der Waals surface area contributed by atoms with Crippen LogP contribution in [0.4, 0.5) is 5.69 Å². The molecule has 1 aliphatic rings. The van der Waals surface area contributed by atoms with Gasteiger partial charge in [-0.25, -0.2) is 0 Å². The van der Waals surface area contributed by atoms with E-state index in [1.165, 1.54) is 28.8 Å². The van der Waals surface area contributed by atoms with E-state index in [4.69, 9.17) is 0 Å². The minimum Gasteiger partial charge on any atom is -0.371 e. The predicted molar refractivity (Wildman–Crippen MR) is 91.2 cm³/mol. The number of nitrogens with zero attached hydrogens (tertiary/aromatic N) is 1. The van der Waals surface area contributed by atoms with Crippen molar-refractivity contribution in [3.63, 3.8) is 0 Å². The molecule has 0 aromatic heterocycles. The highest BCUT2D eigenvalue weighted by molar-refractivity contribution is 9.10. The van der Waals surface area contributed by atoms with Gasteiger partial charge in [0.15, 0.2) is 0 Å². The first-order chi connectivity index (χ1) is 9.47. The van der Waals surface area contributed by atoms with Gasteiger partial charge in [0, 0.05) is 29.8 Å². The van der Waals surface area contributed by atoms with E-state index in [1.807, 2.05) is 0 Å². The van der Waals surface area contributed by atoms with Crippen LogP contribution in [0.2, 0.25) is 0 Å². The SMILES string of the molecule is CC(C)CNCc1cc(Br)ccc1N1CC(C)C(C)C1. The van der Waals surface area contributed by atoms with Crippen molar-refractivity contribution in [2.75, 3.05) is 24.5 Å². The van der Waals surface area contributed by atoms with Crippen molar-refractivity contribution in [3.05, 3.63) is 28.2 Å². The Labute approximate surface area is 132 Å². The van der Waals surface area contributed by atoms with Crippen molar-refractivity contribution < 1.29 is 0 Å². The van der Waals surface area contributed by atoms with E-state index >= 15 is 0 Å². The maximum Gasteiger partial charge on any atom is 0.0412 e. The van der Waals surface area contributed by atoms with Crippen LogP contribution < -0.4 is 10.2 Å². The standard InChI is InChI=1S/C17H27BrN2/c1-12(2)8-19-9-15-7-16(18)5-6-17(15)20-10-13(3)14(4)11-20/h5-7,12-14,19H,8-11H2,1-4H3. The van der Waals surface area contributed by atoms with Gasteiger partial charge >= 0.3 is 0 Å². The summed E-state index contributed by atoms with van der Waals surface area (Å²) in [5.74, 6) is 2.27. The van der Waals surface area contributed by atoms with Crippen LogP contribution in [0.3, 0.4) is 0 Å². The zero-order valence-electron chi connectivity index (χ0n) is 13.1. The third-order valence-corrected chi connectivity index (χ3v) is 4.73. The largest absolute Gasteiger partial charge is 0.371 e. The Kier molecular flexibility index (Phi) is 5.50. The van der Waals surface area contributed by atoms with E-state index in [0.717, 1.165) is 24.9 Å². The molecule has 1 aromatic carbocycles.